The summed E-state index contributed by atoms with van der Waals surface area (Å²) in [5, 5.41) is 14.0. The molecule has 7 heteroatoms. The van der Waals surface area contributed by atoms with Crippen LogP contribution >= 0.6 is 0 Å². The number of amides is 1. The fraction of sp³-hybridized carbons (Fsp3) is 0.500. The van der Waals surface area contributed by atoms with Crippen LogP contribution in [0, 0.1) is 0 Å². The Morgan fingerprint density at radius 2 is 2.53 bits per heavy atom. The molecule has 1 amide bonds. The van der Waals surface area contributed by atoms with Crippen LogP contribution in [-0.4, -0.2) is 44.5 Å². The standard InChI is InChI=1S/C12H15N5O2/c18-11(2-1-9-4-6-19-8-9)17-5-3-10(7-17)12-13-15-16-14-12/h4,6,8,10H,1-3,5,7H2,(H,13,14,15,16). The summed E-state index contributed by atoms with van der Waals surface area (Å²) in [5.41, 5.74) is 1.06. The molecule has 1 fully saturated rings. The van der Waals surface area contributed by atoms with E-state index in [1.807, 2.05) is 11.0 Å². The van der Waals surface area contributed by atoms with Crippen molar-refractivity contribution in [2.24, 2.45) is 0 Å². The summed E-state index contributed by atoms with van der Waals surface area (Å²) in [6, 6.07) is 1.89. The fourth-order valence-corrected chi connectivity index (χ4v) is 2.38. The summed E-state index contributed by atoms with van der Waals surface area (Å²) in [4.78, 5) is 14.0. The summed E-state index contributed by atoms with van der Waals surface area (Å²) >= 11 is 0. The van der Waals surface area contributed by atoms with Crippen LogP contribution in [0.15, 0.2) is 23.0 Å². The number of carbonyl (C=O) groups is 1. The van der Waals surface area contributed by atoms with Gasteiger partial charge in [0.1, 0.15) is 0 Å². The van der Waals surface area contributed by atoms with E-state index in [0.29, 0.717) is 18.8 Å². The van der Waals surface area contributed by atoms with E-state index in [2.05, 4.69) is 20.6 Å². The van der Waals surface area contributed by atoms with Crippen molar-refractivity contribution >= 4 is 5.91 Å². The minimum absolute atomic E-state index is 0.173. The number of aromatic nitrogens is 4. The average molecular weight is 261 g/mol. The number of rotatable bonds is 4. The molecule has 1 saturated heterocycles. The molecule has 0 radical (unpaired) electrons. The number of aryl methyl sites for hydroxylation is 1. The quantitative estimate of drug-likeness (QED) is 0.877. The number of H-pyrrole nitrogens is 1. The second-order valence-corrected chi connectivity index (χ2v) is 4.73. The third-order valence-electron chi connectivity index (χ3n) is 3.48. The van der Waals surface area contributed by atoms with Crippen LogP contribution in [0.2, 0.25) is 0 Å². The molecule has 1 aliphatic heterocycles. The van der Waals surface area contributed by atoms with E-state index in [9.17, 15) is 4.79 Å². The van der Waals surface area contributed by atoms with E-state index in [-0.39, 0.29) is 11.8 Å². The van der Waals surface area contributed by atoms with Gasteiger partial charge < -0.3 is 9.32 Å². The Morgan fingerprint density at radius 1 is 1.58 bits per heavy atom. The smallest absolute Gasteiger partial charge is 0.222 e. The molecule has 2 aromatic heterocycles. The highest BCUT2D eigenvalue weighted by Gasteiger charge is 2.29. The maximum absolute atomic E-state index is 12.1. The van der Waals surface area contributed by atoms with E-state index >= 15 is 0 Å². The first-order chi connectivity index (χ1) is 9.33. The molecule has 100 valence electrons. The zero-order valence-corrected chi connectivity index (χ0v) is 10.5. The molecule has 2 aromatic rings. The number of hydrogen-bond acceptors (Lipinski definition) is 5. The highest BCUT2D eigenvalue weighted by molar-refractivity contribution is 5.76. The van der Waals surface area contributed by atoms with Gasteiger partial charge in [-0.05, 0) is 24.5 Å². The molecular formula is C12H15N5O2. The normalized spacial score (nSPS) is 18.9. The van der Waals surface area contributed by atoms with E-state index in [4.69, 9.17) is 4.42 Å². The molecule has 1 aliphatic rings. The lowest BCUT2D eigenvalue weighted by Crippen LogP contribution is -2.28. The van der Waals surface area contributed by atoms with E-state index < -0.39 is 0 Å². The fourth-order valence-electron chi connectivity index (χ4n) is 2.38. The van der Waals surface area contributed by atoms with Crippen LogP contribution in [0.25, 0.3) is 0 Å². The van der Waals surface area contributed by atoms with Crippen LogP contribution < -0.4 is 0 Å². The molecule has 0 aromatic carbocycles. The van der Waals surface area contributed by atoms with Crippen molar-refractivity contribution in [2.45, 2.75) is 25.2 Å². The number of nitrogens with one attached hydrogen (secondary N) is 1. The van der Waals surface area contributed by atoms with Crippen LogP contribution in [0.3, 0.4) is 0 Å². The number of likely N-dealkylation sites (tertiary alicyclic amines) is 1. The molecule has 1 unspecified atom stereocenters. The van der Waals surface area contributed by atoms with Crippen molar-refractivity contribution in [2.75, 3.05) is 13.1 Å². The highest BCUT2D eigenvalue weighted by Crippen LogP contribution is 2.24. The molecule has 1 N–H and O–H groups in total. The van der Waals surface area contributed by atoms with E-state index in [1.54, 1.807) is 12.5 Å². The Labute approximate surface area is 110 Å². The Balaban J connectivity index is 1.51. The second-order valence-electron chi connectivity index (χ2n) is 4.73. The number of carbonyl (C=O) groups excluding carboxylic acids is 1. The van der Waals surface area contributed by atoms with Gasteiger partial charge in [0.15, 0.2) is 5.82 Å². The van der Waals surface area contributed by atoms with Gasteiger partial charge in [-0.1, -0.05) is 5.21 Å². The third kappa shape index (κ3) is 2.64. The molecule has 19 heavy (non-hydrogen) atoms. The topological polar surface area (TPSA) is 87.9 Å². The van der Waals surface area contributed by atoms with Gasteiger partial charge in [0, 0.05) is 25.4 Å². The molecule has 1 atom stereocenters. The Bertz CT molecular complexity index is 522. The third-order valence-corrected chi connectivity index (χ3v) is 3.48. The van der Waals surface area contributed by atoms with Crippen molar-refractivity contribution in [1.82, 2.24) is 25.5 Å². The van der Waals surface area contributed by atoms with Gasteiger partial charge in [0.25, 0.3) is 0 Å². The van der Waals surface area contributed by atoms with Crippen molar-refractivity contribution < 1.29 is 9.21 Å². The molecular weight excluding hydrogens is 246 g/mol. The molecule has 7 nitrogen and oxygen atoms in total. The summed E-state index contributed by atoms with van der Waals surface area (Å²) in [5.74, 6) is 1.08. The zero-order chi connectivity index (χ0) is 13.1. The second kappa shape index (κ2) is 5.21. The van der Waals surface area contributed by atoms with Gasteiger partial charge in [-0.3, -0.25) is 4.79 Å². The molecule has 0 aliphatic carbocycles. The van der Waals surface area contributed by atoms with Crippen molar-refractivity contribution in [1.29, 1.82) is 0 Å². The monoisotopic (exact) mass is 261 g/mol. The lowest BCUT2D eigenvalue weighted by Gasteiger charge is -2.15. The summed E-state index contributed by atoms with van der Waals surface area (Å²) < 4.78 is 4.99. The number of aromatic amines is 1. The number of tetrazole rings is 1. The zero-order valence-electron chi connectivity index (χ0n) is 10.5. The lowest BCUT2D eigenvalue weighted by atomic mass is 10.1. The van der Waals surface area contributed by atoms with Crippen LogP contribution in [0.5, 0.6) is 0 Å². The first-order valence-electron chi connectivity index (χ1n) is 6.35. The van der Waals surface area contributed by atoms with Gasteiger partial charge >= 0.3 is 0 Å². The van der Waals surface area contributed by atoms with Gasteiger partial charge in [-0.25, -0.2) is 0 Å². The largest absolute Gasteiger partial charge is 0.472 e. The van der Waals surface area contributed by atoms with E-state index in [0.717, 1.165) is 24.9 Å². The van der Waals surface area contributed by atoms with Gasteiger partial charge in [0.2, 0.25) is 5.91 Å². The van der Waals surface area contributed by atoms with Gasteiger partial charge in [-0.15, -0.1) is 10.2 Å². The number of nitrogens with zero attached hydrogens (tertiary/aromatic N) is 4. The minimum atomic E-state index is 0.173. The molecule has 0 saturated carbocycles. The molecule has 3 heterocycles. The predicted octanol–water partition coefficient (Wildman–Crippen LogP) is 0.741. The van der Waals surface area contributed by atoms with Crippen molar-refractivity contribution in [3.63, 3.8) is 0 Å². The Hall–Kier alpha value is -2.18. The first-order valence-corrected chi connectivity index (χ1v) is 6.35. The Kier molecular flexibility index (Phi) is 3.26. The SMILES string of the molecule is O=C(CCc1ccoc1)N1CCC(c2nn[nH]n2)C1. The number of hydrogen-bond donors (Lipinski definition) is 1. The predicted molar refractivity (Wildman–Crippen MR) is 65.1 cm³/mol. The Morgan fingerprint density at radius 3 is 3.26 bits per heavy atom. The summed E-state index contributed by atoms with van der Waals surface area (Å²) in [6.45, 7) is 1.45. The van der Waals surface area contributed by atoms with Crippen molar-refractivity contribution in [3.8, 4) is 0 Å². The van der Waals surface area contributed by atoms with Crippen molar-refractivity contribution in [3.05, 3.63) is 30.0 Å². The molecule has 0 bridgehead atoms. The highest BCUT2D eigenvalue weighted by atomic mass is 16.3. The minimum Gasteiger partial charge on any atom is -0.472 e. The van der Waals surface area contributed by atoms with Crippen LogP contribution in [0.4, 0.5) is 0 Å². The first kappa shape index (κ1) is 11.9. The maximum Gasteiger partial charge on any atom is 0.222 e. The van der Waals surface area contributed by atoms with Crippen LogP contribution in [-0.2, 0) is 11.2 Å². The number of furan rings is 1. The van der Waals surface area contributed by atoms with E-state index in [1.165, 1.54) is 0 Å². The average Bonchev–Trinajstić information content (AvgIpc) is 3.14. The maximum atomic E-state index is 12.1. The molecule has 0 spiro atoms. The summed E-state index contributed by atoms with van der Waals surface area (Å²) in [7, 11) is 0. The van der Waals surface area contributed by atoms with Gasteiger partial charge in [0.05, 0.1) is 12.5 Å². The van der Waals surface area contributed by atoms with Crippen LogP contribution in [0.1, 0.15) is 30.1 Å². The summed E-state index contributed by atoms with van der Waals surface area (Å²) in [6.07, 6.45) is 5.44. The van der Waals surface area contributed by atoms with Gasteiger partial charge in [-0.2, -0.15) is 5.21 Å². The molecule has 3 rings (SSSR count). The lowest BCUT2D eigenvalue weighted by molar-refractivity contribution is -0.130.